The van der Waals surface area contributed by atoms with E-state index in [2.05, 4.69) is 37.2 Å². The van der Waals surface area contributed by atoms with Crippen LogP contribution in [-0.2, 0) is 4.79 Å². The fourth-order valence-electron chi connectivity index (χ4n) is 4.35. The topological polar surface area (TPSA) is 120 Å². The Morgan fingerprint density at radius 3 is 2.84 bits per heavy atom. The van der Waals surface area contributed by atoms with Crippen LogP contribution in [-0.4, -0.2) is 68.5 Å². The number of piperidine rings is 1. The van der Waals surface area contributed by atoms with Gasteiger partial charge in [-0.1, -0.05) is 12.1 Å². The zero-order valence-corrected chi connectivity index (χ0v) is 19.0. The number of rotatable bonds is 5. The largest absolute Gasteiger partial charge is 0.361 e. The number of nitrogens with zero attached hydrogens (tertiary/aromatic N) is 5. The highest BCUT2D eigenvalue weighted by molar-refractivity contribution is 5.99. The minimum atomic E-state index is -1.08. The van der Waals surface area contributed by atoms with Crippen LogP contribution in [0.4, 0.5) is 5.82 Å². The molecule has 170 valence electrons. The lowest BCUT2D eigenvalue weighted by Crippen LogP contribution is -2.61. The van der Waals surface area contributed by atoms with Crippen LogP contribution in [0.3, 0.4) is 0 Å². The van der Waals surface area contributed by atoms with Crippen LogP contribution >= 0.6 is 0 Å². The smallest absolute Gasteiger partial charge is 0.257 e. The molecule has 4 heterocycles. The summed E-state index contributed by atoms with van der Waals surface area (Å²) >= 11 is 0. The number of nitrogens with one attached hydrogen (secondary N) is 2. The number of anilines is 1. The molecule has 2 amide bonds. The first-order chi connectivity index (χ1) is 15.2. The zero-order valence-electron chi connectivity index (χ0n) is 19.0. The van der Waals surface area contributed by atoms with Gasteiger partial charge in [-0.15, -0.1) is 0 Å². The monoisotopic (exact) mass is 439 g/mol. The predicted molar refractivity (Wildman–Crippen MR) is 119 cm³/mol. The maximum atomic E-state index is 13.4. The van der Waals surface area contributed by atoms with Gasteiger partial charge in [0.05, 0.1) is 17.6 Å². The van der Waals surface area contributed by atoms with E-state index >= 15 is 0 Å². The third kappa shape index (κ3) is 3.92. The second-order valence-corrected chi connectivity index (χ2v) is 9.01. The molecule has 10 nitrogen and oxygen atoms in total. The van der Waals surface area contributed by atoms with E-state index in [4.69, 9.17) is 4.52 Å². The maximum Gasteiger partial charge on any atom is 0.257 e. The Bertz CT molecular complexity index is 1140. The number of carbonyl (C=O) groups is 2. The van der Waals surface area contributed by atoms with Crippen molar-refractivity contribution in [1.29, 1.82) is 0 Å². The van der Waals surface area contributed by atoms with E-state index in [9.17, 15) is 9.59 Å². The minimum Gasteiger partial charge on any atom is -0.361 e. The lowest BCUT2D eigenvalue weighted by Gasteiger charge is -2.44. The molecule has 0 spiro atoms. The molecular weight excluding hydrogens is 410 g/mol. The second kappa shape index (κ2) is 8.25. The number of amides is 2. The Kier molecular flexibility index (Phi) is 5.62. The molecule has 32 heavy (non-hydrogen) atoms. The number of aromatic amines is 1. The van der Waals surface area contributed by atoms with Crippen molar-refractivity contribution in [3.8, 4) is 0 Å². The fourth-order valence-corrected chi connectivity index (χ4v) is 4.35. The summed E-state index contributed by atoms with van der Waals surface area (Å²) in [5.74, 6) is 1.11. The van der Waals surface area contributed by atoms with Crippen molar-refractivity contribution in [2.45, 2.75) is 45.7 Å². The normalized spacial score (nSPS) is 19.2. The van der Waals surface area contributed by atoms with E-state index < -0.39 is 5.54 Å². The summed E-state index contributed by atoms with van der Waals surface area (Å²) in [6, 6.07) is 2.04. The van der Waals surface area contributed by atoms with E-state index in [1.165, 1.54) is 6.20 Å². The maximum absolute atomic E-state index is 13.4. The van der Waals surface area contributed by atoms with E-state index in [0.29, 0.717) is 30.3 Å². The molecule has 3 aromatic heterocycles. The second-order valence-electron chi connectivity index (χ2n) is 9.01. The molecule has 1 aliphatic rings. The molecule has 3 aromatic rings. The van der Waals surface area contributed by atoms with Crippen molar-refractivity contribution >= 4 is 28.7 Å². The number of likely N-dealkylation sites (N-methyl/N-ethyl adjacent to an activating group) is 1. The van der Waals surface area contributed by atoms with E-state index in [-0.39, 0.29) is 17.9 Å². The molecule has 1 saturated heterocycles. The first-order valence-electron chi connectivity index (χ1n) is 10.7. The van der Waals surface area contributed by atoms with E-state index in [1.54, 1.807) is 27.1 Å². The number of aromatic nitrogens is 4. The Labute approximate surface area is 186 Å². The van der Waals surface area contributed by atoms with Crippen LogP contribution in [0.25, 0.3) is 11.0 Å². The number of fused-ring (bicyclic) bond motifs is 1. The van der Waals surface area contributed by atoms with Crippen molar-refractivity contribution in [3.63, 3.8) is 0 Å². The first-order valence-corrected chi connectivity index (χ1v) is 10.7. The highest BCUT2D eigenvalue weighted by Crippen LogP contribution is 2.29. The molecule has 10 heteroatoms. The number of carbonyl (C=O) groups excluding carboxylic acids is 2. The molecule has 0 saturated carbocycles. The molecule has 0 aliphatic carbocycles. The average molecular weight is 440 g/mol. The summed E-state index contributed by atoms with van der Waals surface area (Å²) in [6.07, 6.45) is 5.62. The molecule has 2 N–H and O–H groups in total. The van der Waals surface area contributed by atoms with Gasteiger partial charge in [-0.05, 0) is 39.2 Å². The zero-order chi connectivity index (χ0) is 23.0. The third-order valence-corrected chi connectivity index (χ3v) is 6.33. The number of hydrogen-bond donors (Lipinski definition) is 2. The van der Waals surface area contributed by atoms with E-state index in [1.807, 2.05) is 24.2 Å². The summed E-state index contributed by atoms with van der Waals surface area (Å²) in [7, 11) is 2.01. The van der Waals surface area contributed by atoms with Gasteiger partial charge in [0.25, 0.3) is 5.91 Å². The highest BCUT2D eigenvalue weighted by Gasteiger charge is 2.39. The Morgan fingerprint density at radius 1 is 1.34 bits per heavy atom. The number of H-pyrrole nitrogens is 1. The van der Waals surface area contributed by atoms with Gasteiger partial charge in [-0.2, -0.15) is 0 Å². The summed E-state index contributed by atoms with van der Waals surface area (Å²) in [6.45, 7) is 8.48. The molecule has 2 atom stereocenters. The van der Waals surface area contributed by atoms with Crippen LogP contribution < -0.4 is 10.2 Å². The van der Waals surface area contributed by atoms with Gasteiger partial charge in [-0.25, -0.2) is 9.97 Å². The van der Waals surface area contributed by atoms with Gasteiger partial charge in [0.1, 0.15) is 34.7 Å². The lowest BCUT2D eigenvalue weighted by atomic mass is 9.90. The van der Waals surface area contributed by atoms with Crippen molar-refractivity contribution in [2.75, 3.05) is 25.0 Å². The molecule has 0 bridgehead atoms. The van der Waals surface area contributed by atoms with Gasteiger partial charge >= 0.3 is 0 Å². The molecule has 1 aliphatic heterocycles. The van der Waals surface area contributed by atoms with Crippen molar-refractivity contribution in [1.82, 2.24) is 30.3 Å². The van der Waals surface area contributed by atoms with Crippen molar-refractivity contribution < 1.29 is 14.1 Å². The Morgan fingerprint density at radius 2 is 2.12 bits per heavy atom. The number of aryl methyl sites for hydroxylation is 1. The van der Waals surface area contributed by atoms with Gasteiger partial charge in [-0.3, -0.25) is 9.59 Å². The average Bonchev–Trinajstić information content (AvgIpc) is 3.41. The van der Waals surface area contributed by atoms with Gasteiger partial charge in [0.2, 0.25) is 5.91 Å². The first kappa shape index (κ1) is 21.8. The summed E-state index contributed by atoms with van der Waals surface area (Å²) in [4.78, 5) is 41.9. The van der Waals surface area contributed by atoms with Crippen LogP contribution in [0.2, 0.25) is 0 Å². The minimum absolute atomic E-state index is 0.0764. The molecule has 0 unspecified atom stereocenters. The SMILES string of the molecule is Cc1oncc1C(=O)NC(C)(C)C(=O)N1CC[C@@H](C)[C@@H](N(C)c2ncnc3[nH]ccc23)C1. The summed E-state index contributed by atoms with van der Waals surface area (Å²) < 4.78 is 4.97. The highest BCUT2D eigenvalue weighted by atomic mass is 16.5. The summed E-state index contributed by atoms with van der Waals surface area (Å²) in [5, 5.41) is 7.42. The van der Waals surface area contributed by atoms with Gasteiger partial charge < -0.3 is 24.6 Å². The van der Waals surface area contributed by atoms with Crippen molar-refractivity contribution in [2.24, 2.45) is 5.92 Å². The lowest BCUT2D eigenvalue weighted by molar-refractivity contribution is -0.138. The predicted octanol–water partition coefficient (Wildman–Crippen LogP) is 2.14. The van der Waals surface area contributed by atoms with Crippen LogP contribution in [0.5, 0.6) is 0 Å². The molecule has 4 rings (SSSR count). The standard InChI is InChI=1S/C22H29N7O3/c1-13-7-9-29(21(31)22(3,4)27-20(30)16-10-26-32-14(16)2)11-17(13)28(5)19-15-6-8-23-18(15)24-12-25-19/h6,8,10,12-13,17H,7,9,11H2,1-5H3,(H,27,30)(H,23,24,25)/t13-,17+/m1/s1. The van der Waals surface area contributed by atoms with Crippen LogP contribution in [0.15, 0.2) is 29.3 Å². The number of hydrogen-bond acceptors (Lipinski definition) is 7. The van der Waals surface area contributed by atoms with E-state index in [0.717, 1.165) is 23.3 Å². The fraction of sp³-hybridized carbons (Fsp3) is 0.500. The quantitative estimate of drug-likeness (QED) is 0.625. The summed E-state index contributed by atoms with van der Waals surface area (Å²) in [5.41, 5.74) is 0.0361. The third-order valence-electron chi connectivity index (χ3n) is 6.33. The molecule has 1 fully saturated rings. The Balaban J connectivity index is 1.51. The van der Waals surface area contributed by atoms with Gasteiger partial charge in [0, 0.05) is 26.3 Å². The van der Waals surface area contributed by atoms with Crippen LogP contribution in [0, 0.1) is 12.8 Å². The molecule has 0 radical (unpaired) electrons. The Hall–Kier alpha value is -3.43. The van der Waals surface area contributed by atoms with Crippen molar-refractivity contribution in [3.05, 3.63) is 36.1 Å². The van der Waals surface area contributed by atoms with Crippen LogP contribution in [0.1, 0.15) is 43.3 Å². The number of likely N-dealkylation sites (tertiary alicyclic amines) is 1. The van der Waals surface area contributed by atoms with Gasteiger partial charge in [0.15, 0.2) is 0 Å². The molecular formula is C22H29N7O3. The molecule has 0 aromatic carbocycles.